The number of ether oxygens (including phenoxy) is 1. The van der Waals surface area contributed by atoms with Crippen molar-refractivity contribution in [1.82, 2.24) is 9.97 Å². The Hall–Kier alpha value is -3.09. The minimum atomic E-state index is -0.962. The smallest absolute Gasteiger partial charge is 0.359 e. The Kier molecular flexibility index (Phi) is 5.14. The van der Waals surface area contributed by atoms with Gasteiger partial charge in [-0.05, 0) is 31.2 Å². The summed E-state index contributed by atoms with van der Waals surface area (Å²) in [5.41, 5.74) is 0.991. The highest BCUT2D eigenvalue weighted by Crippen LogP contribution is 2.13. The molecule has 0 aliphatic rings. The van der Waals surface area contributed by atoms with Gasteiger partial charge in [0.05, 0.1) is 6.20 Å². The van der Waals surface area contributed by atoms with Crippen molar-refractivity contribution in [3.63, 3.8) is 0 Å². The molecule has 23 heavy (non-hydrogen) atoms. The number of esters is 1. The second kappa shape index (κ2) is 7.26. The van der Waals surface area contributed by atoms with Crippen molar-refractivity contribution in [2.75, 3.05) is 5.32 Å². The molecule has 7 nitrogen and oxygen atoms in total. The normalized spacial score (nSPS) is 11.4. The van der Waals surface area contributed by atoms with Crippen molar-refractivity contribution in [1.29, 1.82) is 0 Å². The number of carbonyl (C=O) groups excluding carboxylic acids is 3. The van der Waals surface area contributed by atoms with Crippen molar-refractivity contribution >= 4 is 23.3 Å². The molecule has 0 fully saturated rings. The average molecular weight is 313 g/mol. The number of anilines is 1. The second-order valence-corrected chi connectivity index (χ2v) is 4.76. The van der Waals surface area contributed by atoms with Crippen LogP contribution in [0.4, 0.5) is 5.69 Å². The molecule has 2 aromatic rings. The number of nitrogens with one attached hydrogen (secondary N) is 1. The zero-order chi connectivity index (χ0) is 16.8. The summed E-state index contributed by atoms with van der Waals surface area (Å²) in [6, 6.07) is 6.32. The Morgan fingerprint density at radius 2 is 1.83 bits per heavy atom. The molecule has 1 atom stereocenters. The molecule has 0 aliphatic heterocycles. The van der Waals surface area contributed by atoms with E-state index in [9.17, 15) is 14.4 Å². The molecule has 0 saturated heterocycles. The van der Waals surface area contributed by atoms with E-state index >= 15 is 0 Å². The quantitative estimate of drug-likeness (QED) is 0.668. The van der Waals surface area contributed by atoms with Crippen molar-refractivity contribution in [3.05, 3.63) is 54.1 Å². The number of hydrogen-bond acceptors (Lipinski definition) is 6. The van der Waals surface area contributed by atoms with Gasteiger partial charge in [0.2, 0.25) is 11.7 Å². The lowest BCUT2D eigenvalue weighted by Gasteiger charge is -2.12. The monoisotopic (exact) mass is 313 g/mol. The van der Waals surface area contributed by atoms with Gasteiger partial charge >= 0.3 is 5.97 Å². The lowest BCUT2D eigenvalue weighted by Crippen LogP contribution is -2.25. The third-order valence-electron chi connectivity index (χ3n) is 2.92. The largest absolute Gasteiger partial charge is 0.449 e. The van der Waals surface area contributed by atoms with Crippen molar-refractivity contribution < 1.29 is 19.1 Å². The SMILES string of the molecule is CC(=O)Nc1ccc(C(=O)[C@@H](C)OC(=O)c2cnccn2)cc1. The van der Waals surface area contributed by atoms with E-state index < -0.39 is 12.1 Å². The predicted molar refractivity (Wildman–Crippen MR) is 82.0 cm³/mol. The Morgan fingerprint density at radius 3 is 2.39 bits per heavy atom. The summed E-state index contributed by atoms with van der Waals surface area (Å²) in [6.45, 7) is 2.88. The molecule has 0 radical (unpaired) electrons. The Bertz CT molecular complexity index is 714. The fraction of sp³-hybridized carbons (Fsp3) is 0.188. The molecule has 118 valence electrons. The Labute approximate surface area is 132 Å². The van der Waals surface area contributed by atoms with Gasteiger partial charge in [0.1, 0.15) is 0 Å². The van der Waals surface area contributed by atoms with Gasteiger partial charge in [-0.2, -0.15) is 0 Å². The van der Waals surface area contributed by atoms with E-state index in [1.807, 2.05) is 0 Å². The van der Waals surface area contributed by atoms with Crippen LogP contribution < -0.4 is 5.32 Å². The highest BCUT2D eigenvalue weighted by molar-refractivity contribution is 6.01. The Morgan fingerprint density at radius 1 is 1.13 bits per heavy atom. The molecule has 2 rings (SSSR count). The first-order valence-electron chi connectivity index (χ1n) is 6.86. The van der Waals surface area contributed by atoms with Crippen LogP contribution in [0.5, 0.6) is 0 Å². The topological polar surface area (TPSA) is 98.2 Å². The van der Waals surface area contributed by atoms with Crippen LogP contribution in [0.2, 0.25) is 0 Å². The highest BCUT2D eigenvalue weighted by Gasteiger charge is 2.21. The number of benzene rings is 1. The van der Waals surface area contributed by atoms with Crippen LogP contribution in [0.15, 0.2) is 42.9 Å². The van der Waals surface area contributed by atoms with Crippen LogP contribution >= 0.6 is 0 Å². The van der Waals surface area contributed by atoms with Crippen molar-refractivity contribution in [3.8, 4) is 0 Å². The molecule has 1 aromatic carbocycles. The molecule has 0 saturated carbocycles. The van der Waals surface area contributed by atoms with Crippen LogP contribution in [0.3, 0.4) is 0 Å². The number of hydrogen-bond donors (Lipinski definition) is 1. The Balaban J connectivity index is 2.02. The molecular weight excluding hydrogens is 298 g/mol. The molecule has 1 N–H and O–H groups in total. The lowest BCUT2D eigenvalue weighted by atomic mass is 10.1. The summed E-state index contributed by atoms with van der Waals surface area (Å²) >= 11 is 0. The molecule has 0 bridgehead atoms. The zero-order valence-corrected chi connectivity index (χ0v) is 12.6. The van der Waals surface area contributed by atoms with E-state index in [2.05, 4.69) is 15.3 Å². The van der Waals surface area contributed by atoms with Crippen molar-refractivity contribution in [2.45, 2.75) is 20.0 Å². The predicted octanol–water partition coefficient (Wildman–Crippen LogP) is 1.86. The first kappa shape index (κ1) is 16.3. The molecule has 7 heteroatoms. The van der Waals surface area contributed by atoms with Gasteiger partial charge in [0, 0.05) is 30.6 Å². The number of aromatic nitrogens is 2. The maximum atomic E-state index is 12.2. The number of nitrogens with zero attached hydrogens (tertiary/aromatic N) is 2. The van der Waals surface area contributed by atoms with Crippen LogP contribution in [-0.2, 0) is 9.53 Å². The summed E-state index contributed by atoms with van der Waals surface area (Å²) in [5, 5.41) is 2.60. The summed E-state index contributed by atoms with van der Waals surface area (Å²) < 4.78 is 5.09. The number of Topliss-reactive ketones (excluding diaryl/α,β-unsaturated/α-hetero) is 1. The maximum absolute atomic E-state index is 12.2. The van der Waals surface area contributed by atoms with E-state index in [-0.39, 0.29) is 17.4 Å². The average Bonchev–Trinajstić information content (AvgIpc) is 2.55. The van der Waals surface area contributed by atoms with Gasteiger partial charge in [0.15, 0.2) is 11.8 Å². The van der Waals surface area contributed by atoms with Gasteiger partial charge in [-0.3, -0.25) is 14.6 Å². The number of amides is 1. The maximum Gasteiger partial charge on any atom is 0.359 e. The molecule has 1 aromatic heterocycles. The second-order valence-electron chi connectivity index (χ2n) is 4.76. The highest BCUT2D eigenvalue weighted by atomic mass is 16.5. The molecule has 0 unspecified atom stereocenters. The zero-order valence-electron chi connectivity index (χ0n) is 12.6. The fourth-order valence-electron chi connectivity index (χ4n) is 1.83. The van der Waals surface area contributed by atoms with Crippen molar-refractivity contribution in [2.24, 2.45) is 0 Å². The fourth-order valence-corrected chi connectivity index (χ4v) is 1.83. The van der Waals surface area contributed by atoms with E-state index in [1.54, 1.807) is 24.3 Å². The van der Waals surface area contributed by atoms with E-state index in [4.69, 9.17) is 4.74 Å². The summed E-state index contributed by atoms with van der Waals surface area (Å²) in [5.74, 6) is -1.26. The van der Waals surface area contributed by atoms with Crippen LogP contribution in [0.1, 0.15) is 34.7 Å². The molecule has 1 amide bonds. The summed E-state index contributed by atoms with van der Waals surface area (Å²) in [7, 11) is 0. The minimum Gasteiger partial charge on any atom is -0.449 e. The standard InChI is InChI=1S/C16H15N3O4/c1-10(23-16(22)14-9-17-7-8-18-14)15(21)12-3-5-13(6-4-12)19-11(2)20/h3-10H,1-2H3,(H,19,20)/t10-/m1/s1. The first-order chi connectivity index (χ1) is 11.0. The molecule has 1 heterocycles. The lowest BCUT2D eigenvalue weighted by molar-refractivity contribution is -0.114. The van der Waals surface area contributed by atoms with Crippen LogP contribution in [-0.4, -0.2) is 33.7 Å². The van der Waals surface area contributed by atoms with E-state index in [0.29, 0.717) is 11.3 Å². The third kappa shape index (κ3) is 4.44. The number of rotatable bonds is 5. The number of ketones is 1. The van der Waals surface area contributed by atoms with Gasteiger partial charge in [-0.15, -0.1) is 0 Å². The molecule has 0 spiro atoms. The summed E-state index contributed by atoms with van der Waals surface area (Å²) in [4.78, 5) is 42.6. The van der Waals surface area contributed by atoms with E-state index in [0.717, 1.165) is 0 Å². The minimum absolute atomic E-state index is 0.0353. The van der Waals surface area contributed by atoms with Crippen LogP contribution in [0.25, 0.3) is 0 Å². The van der Waals surface area contributed by atoms with E-state index in [1.165, 1.54) is 32.4 Å². The van der Waals surface area contributed by atoms with Gasteiger partial charge in [-0.1, -0.05) is 0 Å². The summed E-state index contributed by atoms with van der Waals surface area (Å²) in [6.07, 6.45) is 3.10. The first-order valence-corrected chi connectivity index (χ1v) is 6.86. The number of carbonyl (C=O) groups is 3. The molecule has 0 aliphatic carbocycles. The van der Waals surface area contributed by atoms with Gasteiger partial charge in [0.25, 0.3) is 0 Å². The molecular formula is C16H15N3O4. The third-order valence-corrected chi connectivity index (χ3v) is 2.92. The van der Waals surface area contributed by atoms with Gasteiger partial charge in [-0.25, -0.2) is 9.78 Å². The van der Waals surface area contributed by atoms with Gasteiger partial charge < -0.3 is 10.1 Å². The van der Waals surface area contributed by atoms with Crippen LogP contribution in [0, 0.1) is 0 Å².